The average molecular weight is 256 g/mol. The standard InChI is InChI=1S/C12H14ClNO3/c1-16-10-3-2-4-11(10)17-12(15)9-7-8(13)5-6-14-9/h5-7,10-11H,2-4H2,1H3/t10-,11-/m1/s1. The van der Waals surface area contributed by atoms with Crippen molar-refractivity contribution >= 4 is 17.6 Å². The van der Waals surface area contributed by atoms with E-state index < -0.39 is 5.97 Å². The molecule has 1 heterocycles. The van der Waals surface area contributed by atoms with Gasteiger partial charge in [0.05, 0.1) is 6.10 Å². The SMILES string of the molecule is CO[C@@H]1CCC[C@H]1OC(=O)c1cc(Cl)ccn1. The van der Waals surface area contributed by atoms with Crippen molar-refractivity contribution in [3.63, 3.8) is 0 Å². The number of esters is 1. The second-order valence-corrected chi connectivity index (χ2v) is 4.44. The third-order valence-electron chi connectivity index (χ3n) is 2.88. The number of carbonyl (C=O) groups excluding carboxylic acids is 1. The van der Waals surface area contributed by atoms with Gasteiger partial charge in [0.25, 0.3) is 0 Å². The Hall–Kier alpha value is -1.13. The summed E-state index contributed by atoms with van der Waals surface area (Å²) in [5.74, 6) is -0.443. The van der Waals surface area contributed by atoms with Crippen LogP contribution in [0.25, 0.3) is 0 Å². The fourth-order valence-electron chi connectivity index (χ4n) is 2.01. The maximum absolute atomic E-state index is 11.8. The molecular weight excluding hydrogens is 242 g/mol. The number of nitrogens with zero attached hydrogens (tertiary/aromatic N) is 1. The summed E-state index contributed by atoms with van der Waals surface area (Å²) >= 11 is 5.79. The van der Waals surface area contributed by atoms with Crippen molar-refractivity contribution in [2.24, 2.45) is 0 Å². The number of methoxy groups -OCH3 is 1. The van der Waals surface area contributed by atoms with E-state index in [9.17, 15) is 4.79 Å². The van der Waals surface area contributed by atoms with Crippen molar-refractivity contribution in [1.29, 1.82) is 0 Å². The molecule has 5 heteroatoms. The van der Waals surface area contributed by atoms with E-state index in [4.69, 9.17) is 21.1 Å². The number of pyridine rings is 1. The normalized spacial score (nSPS) is 23.6. The van der Waals surface area contributed by atoms with E-state index in [1.807, 2.05) is 0 Å². The molecule has 2 atom stereocenters. The quantitative estimate of drug-likeness (QED) is 0.779. The highest BCUT2D eigenvalue weighted by molar-refractivity contribution is 6.30. The summed E-state index contributed by atoms with van der Waals surface area (Å²) in [7, 11) is 1.63. The number of carbonyl (C=O) groups is 1. The lowest BCUT2D eigenvalue weighted by atomic mass is 10.2. The molecule has 0 amide bonds. The van der Waals surface area contributed by atoms with Crippen LogP contribution in [0.5, 0.6) is 0 Å². The van der Waals surface area contributed by atoms with Crippen LogP contribution in [-0.4, -0.2) is 30.3 Å². The van der Waals surface area contributed by atoms with Crippen molar-refractivity contribution in [2.75, 3.05) is 7.11 Å². The minimum absolute atomic E-state index is 0.00173. The summed E-state index contributed by atoms with van der Waals surface area (Å²) in [6.07, 6.45) is 4.09. The molecule has 0 radical (unpaired) electrons. The van der Waals surface area contributed by atoms with Crippen molar-refractivity contribution in [3.05, 3.63) is 29.0 Å². The molecule has 0 unspecified atom stereocenters. The highest BCUT2D eigenvalue weighted by atomic mass is 35.5. The van der Waals surface area contributed by atoms with Crippen LogP contribution in [0.4, 0.5) is 0 Å². The Morgan fingerprint density at radius 2 is 2.24 bits per heavy atom. The van der Waals surface area contributed by atoms with Crippen LogP contribution in [0.15, 0.2) is 18.3 Å². The van der Waals surface area contributed by atoms with E-state index in [2.05, 4.69) is 4.98 Å². The molecule has 1 aliphatic rings. The van der Waals surface area contributed by atoms with Gasteiger partial charge in [0.15, 0.2) is 0 Å². The summed E-state index contributed by atoms with van der Waals surface area (Å²) in [6.45, 7) is 0. The van der Waals surface area contributed by atoms with Crippen LogP contribution in [0, 0.1) is 0 Å². The molecule has 0 aliphatic heterocycles. The molecule has 0 saturated heterocycles. The fourth-order valence-corrected chi connectivity index (χ4v) is 2.17. The van der Waals surface area contributed by atoms with Crippen LogP contribution in [-0.2, 0) is 9.47 Å². The molecule has 92 valence electrons. The van der Waals surface area contributed by atoms with E-state index in [1.54, 1.807) is 13.2 Å². The summed E-state index contributed by atoms with van der Waals surface area (Å²) in [6, 6.07) is 3.12. The third kappa shape index (κ3) is 2.96. The highest BCUT2D eigenvalue weighted by Crippen LogP contribution is 2.25. The molecule has 1 aliphatic carbocycles. The average Bonchev–Trinajstić information content (AvgIpc) is 2.76. The molecule has 0 spiro atoms. The van der Waals surface area contributed by atoms with E-state index in [0.29, 0.717) is 5.02 Å². The summed E-state index contributed by atoms with van der Waals surface area (Å²) < 4.78 is 10.6. The first-order chi connectivity index (χ1) is 8.20. The predicted octanol–water partition coefficient (Wildman–Crippen LogP) is 2.46. The minimum Gasteiger partial charge on any atom is -0.455 e. The number of hydrogen-bond acceptors (Lipinski definition) is 4. The molecule has 17 heavy (non-hydrogen) atoms. The van der Waals surface area contributed by atoms with Gasteiger partial charge in [0.1, 0.15) is 11.8 Å². The molecule has 0 aromatic carbocycles. The lowest BCUT2D eigenvalue weighted by molar-refractivity contribution is -0.0210. The summed E-state index contributed by atoms with van der Waals surface area (Å²) in [5.41, 5.74) is 0.235. The van der Waals surface area contributed by atoms with Crippen LogP contribution in [0.1, 0.15) is 29.8 Å². The van der Waals surface area contributed by atoms with Crippen molar-refractivity contribution < 1.29 is 14.3 Å². The Morgan fingerprint density at radius 1 is 1.47 bits per heavy atom. The van der Waals surface area contributed by atoms with Crippen LogP contribution in [0.2, 0.25) is 5.02 Å². The maximum Gasteiger partial charge on any atom is 0.357 e. The molecule has 1 aromatic heterocycles. The number of halogens is 1. The first-order valence-corrected chi connectivity index (χ1v) is 5.94. The summed E-state index contributed by atoms with van der Waals surface area (Å²) in [5, 5.41) is 0.474. The van der Waals surface area contributed by atoms with Gasteiger partial charge in [-0.05, 0) is 31.4 Å². The highest BCUT2D eigenvalue weighted by Gasteiger charge is 2.30. The van der Waals surface area contributed by atoms with Crippen LogP contribution in [0.3, 0.4) is 0 Å². The minimum atomic E-state index is -0.443. The number of rotatable bonds is 3. The lowest BCUT2D eigenvalue weighted by Crippen LogP contribution is -2.28. The number of ether oxygens (including phenoxy) is 2. The molecule has 0 N–H and O–H groups in total. The van der Waals surface area contributed by atoms with Crippen molar-refractivity contribution in [1.82, 2.24) is 4.98 Å². The second kappa shape index (κ2) is 5.47. The second-order valence-electron chi connectivity index (χ2n) is 4.01. The predicted molar refractivity (Wildman–Crippen MR) is 63.1 cm³/mol. The van der Waals surface area contributed by atoms with Gasteiger partial charge in [-0.25, -0.2) is 9.78 Å². The van der Waals surface area contributed by atoms with Crippen molar-refractivity contribution in [3.8, 4) is 0 Å². The molecule has 4 nitrogen and oxygen atoms in total. The zero-order valence-electron chi connectivity index (χ0n) is 9.56. The Bertz CT molecular complexity index is 410. The Labute approximate surface area is 105 Å². The van der Waals surface area contributed by atoms with Gasteiger partial charge in [-0.3, -0.25) is 0 Å². The van der Waals surface area contributed by atoms with E-state index in [0.717, 1.165) is 19.3 Å². The molecule has 1 saturated carbocycles. The lowest BCUT2D eigenvalue weighted by Gasteiger charge is -2.18. The smallest absolute Gasteiger partial charge is 0.357 e. The van der Waals surface area contributed by atoms with Gasteiger partial charge in [-0.2, -0.15) is 0 Å². The van der Waals surface area contributed by atoms with Gasteiger partial charge in [0, 0.05) is 18.3 Å². The molecule has 0 bridgehead atoms. The largest absolute Gasteiger partial charge is 0.455 e. The first kappa shape index (κ1) is 12.3. The Morgan fingerprint density at radius 3 is 2.94 bits per heavy atom. The van der Waals surface area contributed by atoms with Crippen molar-refractivity contribution in [2.45, 2.75) is 31.5 Å². The topological polar surface area (TPSA) is 48.4 Å². The maximum atomic E-state index is 11.8. The van der Waals surface area contributed by atoms with E-state index in [1.165, 1.54) is 12.3 Å². The zero-order valence-corrected chi connectivity index (χ0v) is 10.3. The molecule has 1 fully saturated rings. The fraction of sp³-hybridized carbons (Fsp3) is 0.500. The third-order valence-corrected chi connectivity index (χ3v) is 3.12. The van der Waals surface area contributed by atoms with Gasteiger partial charge in [-0.15, -0.1) is 0 Å². The van der Waals surface area contributed by atoms with Gasteiger partial charge < -0.3 is 9.47 Å². The van der Waals surface area contributed by atoms with Gasteiger partial charge in [-0.1, -0.05) is 11.6 Å². The van der Waals surface area contributed by atoms with Crippen LogP contribution < -0.4 is 0 Å². The number of aromatic nitrogens is 1. The Kier molecular flexibility index (Phi) is 3.97. The zero-order chi connectivity index (χ0) is 12.3. The molecular formula is C12H14ClNO3. The molecule has 2 rings (SSSR count). The number of hydrogen-bond donors (Lipinski definition) is 0. The Balaban J connectivity index is 2.01. The van der Waals surface area contributed by atoms with E-state index >= 15 is 0 Å². The van der Waals surface area contributed by atoms with E-state index in [-0.39, 0.29) is 17.9 Å². The van der Waals surface area contributed by atoms with Gasteiger partial charge >= 0.3 is 5.97 Å². The first-order valence-electron chi connectivity index (χ1n) is 5.56. The molecule has 1 aromatic rings. The van der Waals surface area contributed by atoms with Gasteiger partial charge in [0.2, 0.25) is 0 Å². The van der Waals surface area contributed by atoms with Crippen LogP contribution >= 0.6 is 11.6 Å². The monoisotopic (exact) mass is 255 g/mol. The summed E-state index contributed by atoms with van der Waals surface area (Å²) in [4.78, 5) is 15.7.